The summed E-state index contributed by atoms with van der Waals surface area (Å²) in [6.45, 7) is 2.38. The number of carbonyl (C=O) groups is 1. The monoisotopic (exact) mass is 258 g/mol. The highest BCUT2D eigenvalue weighted by atomic mass is 16.3. The first-order valence-electron chi connectivity index (χ1n) is 6.93. The number of carbonyl (C=O) groups excluding carboxylic acids is 1. The first-order valence-corrected chi connectivity index (χ1v) is 6.93. The molecule has 4 N–H and O–H groups in total. The maximum atomic E-state index is 11.6. The summed E-state index contributed by atoms with van der Waals surface area (Å²) >= 11 is 0. The van der Waals surface area contributed by atoms with Gasteiger partial charge in [0.05, 0.1) is 5.60 Å². The Kier molecular flexibility index (Phi) is 6.43. The van der Waals surface area contributed by atoms with Crippen molar-refractivity contribution < 1.29 is 15.0 Å². The SMILES string of the molecule is CC(CCCO)NC(=O)NCC1(O)CCCCC1. The Morgan fingerprint density at radius 1 is 1.33 bits per heavy atom. The van der Waals surface area contributed by atoms with Crippen molar-refractivity contribution in [1.82, 2.24) is 10.6 Å². The Labute approximate surface area is 109 Å². The zero-order chi connectivity index (χ0) is 13.4. The second kappa shape index (κ2) is 7.59. The third-order valence-corrected chi connectivity index (χ3v) is 3.54. The fourth-order valence-corrected chi connectivity index (χ4v) is 2.38. The Hall–Kier alpha value is -0.810. The minimum atomic E-state index is -0.718. The molecule has 1 fully saturated rings. The van der Waals surface area contributed by atoms with Gasteiger partial charge in [-0.1, -0.05) is 19.3 Å². The molecule has 18 heavy (non-hydrogen) atoms. The van der Waals surface area contributed by atoms with Gasteiger partial charge in [-0.15, -0.1) is 0 Å². The number of hydrogen-bond donors (Lipinski definition) is 4. The molecule has 0 aliphatic heterocycles. The Morgan fingerprint density at radius 3 is 2.61 bits per heavy atom. The summed E-state index contributed by atoms with van der Waals surface area (Å²) in [5, 5.41) is 24.5. The highest BCUT2D eigenvalue weighted by molar-refractivity contribution is 5.74. The summed E-state index contributed by atoms with van der Waals surface area (Å²) in [4.78, 5) is 11.6. The second-order valence-electron chi connectivity index (χ2n) is 5.38. The van der Waals surface area contributed by atoms with Crippen LogP contribution in [0, 0.1) is 0 Å². The van der Waals surface area contributed by atoms with Crippen LogP contribution in [-0.4, -0.2) is 41.0 Å². The van der Waals surface area contributed by atoms with E-state index in [0.717, 1.165) is 32.1 Å². The quantitative estimate of drug-likeness (QED) is 0.576. The van der Waals surface area contributed by atoms with Gasteiger partial charge >= 0.3 is 6.03 Å². The molecule has 0 heterocycles. The van der Waals surface area contributed by atoms with E-state index in [1.807, 2.05) is 6.92 Å². The maximum Gasteiger partial charge on any atom is 0.315 e. The van der Waals surface area contributed by atoms with Gasteiger partial charge in [-0.05, 0) is 32.6 Å². The Morgan fingerprint density at radius 2 is 2.00 bits per heavy atom. The molecule has 0 saturated heterocycles. The molecule has 0 radical (unpaired) electrons. The molecular formula is C13H26N2O3. The third-order valence-electron chi connectivity index (χ3n) is 3.54. The van der Waals surface area contributed by atoms with Crippen molar-refractivity contribution in [3.05, 3.63) is 0 Å². The van der Waals surface area contributed by atoms with Crippen molar-refractivity contribution >= 4 is 6.03 Å². The topological polar surface area (TPSA) is 81.6 Å². The maximum absolute atomic E-state index is 11.6. The zero-order valence-electron chi connectivity index (χ0n) is 11.2. The summed E-state index contributed by atoms with van der Waals surface area (Å²) in [6.07, 6.45) is 6.23. The molecule has 1 atom stereocenters. The number of hydrogen-bond acceptors (Lipinski definition) is 3. The Bertz CT molecular complexity index is 253. The molecule has 5 heteroatoms. The number of aliphatic hydroxyl groups excluding tert-OH is 1. The van der Waals surface area contributed by atoms with Crippen LogP contribution in [0.2, 0.25) is 0 Å². The lowest BCUT2D eigenvalue weighted by Gasteiger charge is -2.32. The summed E-state index contributed by atoms with van der Waals surface area (Å²) in [5.41, 5.74) is -0.718. The molecule has 1 rings (SSSR count). The van der Waals surface area contributed by atoms with Crippen LogP contribution in [0.4, 0.5) is 4.79 Å². The van der Waals surface area contributed by atoms with E-state index < -0.39 is 5.60 Å². The molecule has 0 aromatic rings. The van der Waals surface area contributed by atoms with Crippen LogP contribution in [0.3, 0.4) is 0 Å². The molecule has 0 spiro atoms. The second-order valence-corrected chi connectivity index (χ2v) is 5.38. The molecule has 106 valence electrons. The number of rotatable bonds is 6. The molecule has 1 unspecified atom stereocenters. The lowest BCUT2D eigenvalue weighted by molar-refractivity contribution is 0.00713. The van der Waals surface area contributed by atoms with Gasteiger partial charge < -0.3 is 20.8 Å². The number of nitrogens with one attached hydrogen (secondary N) is 2. The van der Waals surface area contributed by atoms with E-state index in [0.29, 0.717) is 13.0 Å². The molecule has 2 amide bonds. The van der Waals surface area contributed by atoms with Gasteiger partial charge in [-0.25, -0.2) is 4.79 Å². The van der Waals surface area contributed by atoms with E-state index in [-0.39, 0.29) is 18.7 Å². The van der Waals surface area contributed by atoms with Crippen molar-refractivity contribution in [2.75, 3.05) is 13.2 Å². The van der Waals surface area contributed by atoms with Crippen LogP contribution < -0.4 is 10.6 Å². The van der Waals surface area contributed by atoms with Crippen molar-refractivity contribution in [2.24, 2.45) is 0 Å². The largest absolute Gasteiger partial charge is 0.396 e. The van der Waals surface area contributed by atoms with Crippen LogP contribution in [0.25, 0.3) is 0 Å². The van der Waals surface area contributed by atoms with E-state index in [4.69, 9.17) is 5.11 Å². The molecule has 5 nitrogen and oxygen atoms in total. The van der Waals surface area contributed by atoms with Gasteiger partial charge in [-0.3, -0.25) is 0 Å². The first kappa shape index (κ1) is 15.2. The van der Waals surface area contributed by atoms with Crippen molar-refractivity contribution in [1.29, 1.82) is 0 Å². The van der Waals surface area contributed by atoms with Crippen LogP contribution in [0.1, 0.15) is 51.9 Å². The average molecular weight is 258 g/mol. The highest BCUT2D eigenvalue weighted by Crippen LogP contribution is 2.27. The van der Waals surface area contributed by atoms with Gasteiger partial charge in [0.25, 0.3) is 0 Å². The molecule has 0 bridgehead atoms. The van der Waals surface area contributed by atoms with Gasteiger partial charge in [0, 0.05) is 19.2 Å². The normalized spacial score (nSPS) is 20.2. The van der Waals surface area contributed by atoms with Crippen molar-refractivity contribution in [2.45, 2.75) is 63.5 Å². The minimum Gasteiger partial charge on any atom is -0.396 e. The summed E-state index contributed by atoms with van der Waals surface area (Å²) in [6, 6.07) is -0.197. The van der Waals surface area contributed by atoms with E-state index in [1.54, 1.807) is 0 Å². The predicted octanol–water partition coefficient (Wildman–Crippen LogP) is 1.14. The van der Waals surface area contributed by atoms with E-state index >= 15 is 0 Å². The smallest absolute Gasteiger partial charge is 0.315 e. The summed E-state index contributed by atoms with van der Waals surface area (Å²) < 4.78 is 0. The molecule has 1 aliphatic carbocycles. The lowest BCUT2D eigenvalue weighted by Crippen LogP contribution is -2.49. The zero-order valence-corrected chi connectivity index (χ0v) is 11.2. The van der Waals surface area contributed by atoms with Crippen molar-refractivity contribution in [3.8, 4) is 0 Å². The minimum absolute atomic E-state index is 0.0400. The number of urea groups is 1. The summed E-state index contributed by atoms with van der Waals surface area (Å²) in [5.74, 6) is 0. The number of amides is 2. The Balaban J connectivity index is 2.19. The molecule has 0 aromatic carbocycles. The first-order chi connectivity index (χ1) is 8.56. The molecule has 1 saturated carbocycles. The molecular weight excluding hydrogens is 232 g/mol. The lowest BCUT2D eigenvalue weighted by atomic mass is 9.85. The van der Waals surface area contributed by atoms with E-state index in [1.165, 1.54) is 6.42 Å². The molecule has 1 aliphatic rings. The highest BCUT2D eigenvalue weighted by Gasteiger charge is 2.29. The van der Waals surface area contributed by atoms with E-state index in [2.05, 4.69) is 10.6 Å². The van der Waals surface area contributed by atoms with Crippen LogP contribution in [0.15, 0.2) is 0 Å². The predicted molar refractivity (Wildman–Crippen MR) is 70.4 cm³/mol. The van der Waals surface area contributed by atoms with Gasteiger partial charge in [0.15, 0.2) is 0 Å². The summed E-state index contributed by atoms with van der Waals surface area (Å²) in [7, 11) is 0. The average Bonchev–Trinajstić information content (AvgIpc) is 2.35. The third kappa shape index (κ3) is 5.69. The number of aliphatic hydroxyl groups is 2. The van der Waals surface area contributed by atoms with Gasteiger partial charge in [0.2, 0.25) is 0 Å². The van der Waals surface area contributed by atoms with Gasteiger partial charge in [0.1, 0.15) is 0 Å². The van der Waals surface area contributed by atoms with Gasteiger partial charge in [-0.2, -0.15) is 0 Å². The standard InChI is InChI=1S/C13H26N2O3/c1-11(6-5-9-16)15-12(17)14-10-13(18)7-3-2-4-8-13/h11,16,18H,2-10H2,1H3,(H2,14,15,17). The van der Waals surface area contributed by atoms with Crippen LogP contribution >= 0.6 is 0 Å². The fraction of sp³-hybridized carbons (Fsp3) is 0.923. The van der Waals surface area contributed by atoms with Crippen LogP contribution in [0.5, 0.6) is 0 Å². The van der Waals surface area contributed by atoms with Crippen LogP contribution in [-0.2, 0) is 0 Å². The fourth-order valence-electron chi connectivity index (χ4n) is 2.38. The van der Waals surface area contributed by atoms with Crippen molar-refractivity contribution in [3.63, 3.8) is 0 Å². The molecule has 0 aromatic heterocycles. The van der Waals surface area contributed by atoms with E-state index in [9.17, 15) is 9.90 Å².